The minimum Gasteiger partial charge on any atom is -0.462 e. The van der Waals surface area contributed by atoms with E-state index in [4.69, 9.17) is 4.74 Å². The Hall–Kier alpha value is -1.35. The van der Waals surface area contributed by atoms with E-state index in [-0.39, 0.29) is 18.0 Å². The molecule has 2 unspecified atom stereocenters. The average Bonchev–Trinajstić information content (AvgIpc) is 2.29. The van der Waals surface area contributed by atoms with Crippen LogP contribution < -0.4 is 0 Å². The lowest BCUT2D eigenvalue weighted by atomic mass is 10.0. The van der Waals surface area contributed by atoms with Gasteiger partial charge in [-0.25, -0.2) is 0 Å². The lowest BCUT2D eigenvalue weighted by Crippen LogP contribution is -2.21. The summed E-state index contributed by atoms with van der Waals surface area (Å²) in [6, 6.07) is 9.38. The molecule has 0 saturated heterocycles. The predicted molar refractivity (Wildman–Crippen MR) is 66.4 cm³/mol. The van der Waals surface area contributed by atoms with E-state index in [0.29, 0.717) is 6.42 Å². The molecule has 0 aliphatic carbocycles. The fourth-order valence-electron chi connectivity index (χ4n) is 1.51. The number of carbonyl (C=O) groups is 1. The average molecular weight is 236 g/mol. The van der Waals surface area contributed by atoms with Crippen LogP contribution in [-0.4, -0.2) is 17.2 Å². The molecule has 1 aromatic carbocycles. The molecular formula is C14H20O3. The van der Waals surface area contributed by atoms with Crippen LogP contribution in [0.3, 0.4) is 0 Å². The Labute approximate surface area is 102 Å². The molecule has 1 N–H and O–H groups in total. The Kier molecular flexibility index (Phi) is 5.16. The highest BCUT2D eigenvalue weighted by Crippen LogP contribution is 2.19. The summed E-state index contributed by atoms with van der Waals surface area (Å²) in [6.45, 7) is 5.39. The number of rotatable bonds is 5. The molecule has 0 radical (unpaired) electrons. The fraction of sp³-hybridized carbons (Fsp3) is 0.500. The van der Waals surface area contributed by atoms with Gasteiger partial charge >= 0.3 is 5.97 Å². The first-order valence-corrected chi connectivity index (χ1v) is 5.94. The Morgan fingerprint density at radius 2 is 1.82 bits per heavy atom. The third-order valence-electron chi connectivity index (χ3n) is 2.53. The van der Waals surface area contributed by atoms with Crippen LogP contribution in [-0.2, 0) is 9.53 Å². The summed E-state index contributed by atoms with van der Waals surface area (Å²) in [6.07, 6.45) is -0.450. The van der Waals surface area contributed by atoms with Crippen LogP contribution >= 0.6 is 0 Å². The highest BCUT2D eigenvalue weighted by atomic mass is 16.5. The molecule has 0 aliphatic rings. The van der Waals surface area contributed by atoms with Crippen molar-refractivity contribution in [2.45, 2.75) is 39.4 Å². The molecule has 2 atom stereocenters. The molecule has 0 amide bonds. The quantitative estimate of drug-likeness (QED) is 0.799. The molecule has 17 heavy (non-hydrogen) atoms. The number of ether oxygens (including phenoxy) is 1. The predicted octanol–water partition coefficient (Wildman–Crippen LogP) is 2.70. The molecule has 3 heteroatoms. The summed E-state index contributed by atoms with van der Waals surface area (Å²) in [4.78, 5) is 11.4. The molecule has 3 nitrogen and oxygen atoms in total. The van der Waals surface area contributed by atoms with Gasteiger partial charge in [0.2, 0.25) is 0 Å². The molecule has 0 saturated carbocycles. The molecule has 0 aromatic heterocycles. The van der Waals surface area contributed by atoms with Gasteiger partial charge in [0.15, 0.2) is 0 Å². The molecule has 0 spiro atoms. The maximum absolute atomic E-state index is 11.4. The van der Waals surface area contributed by atoms with E-state index in [1.54, 1.807) is 20.8 Å². The van der Waals surface area contributed by atoms with Gasteiger partial charge in [0.05, 0.1) is 12.0 Å². The maximum atomic E-state index is 11.4. The molecule has 0 heterocycles. The summed E-state index contributed by atoms with van der Waals surface area (Å²) in [5.74, 6) is -0.357. The normalized spacial score (nSPS) is 14.4. The second-order valence-corrected chi connectivity index (χ2v) is 4.56. The third-order valence-corrected chi connectivity index (χ3v) is 2.53. The van der Waals surface area contributed by atoms with Crippen molar-refractivity contribution in [3.63, 3.8) is 0 Å². The van der Waals surface area contributed by atoms with Crippen LogP contribution in [0.4, 0.5) is 0 Å². The van der Waals surface area contributed by atoms with Crippen LogP contribution in [0.15, 0.2) is 30.3 Å². The number of aliphatic hydroxyl groups is 1. The van der Waals surface area contributed by atoms with Crippen LogP contribution in [0.1, 0.15) is 38.9 Å². The lowest BCUT2D eigenvalue weighted by Gasteiger charge is -2.18. The van der Waals surface area contributed by atoms with Gasteiger partial charge in [-0.2, -0.15) is 0 Å². The standard InChI is InChI=1S/C14H20O3/c1-10(2)14(16)17-11(3)9-13(15)12-7-5-4-6-8-12/h4-8,10-11,13,15H,9H2,1-3H3. The van der Waals surface area contributed by atoms with Crippen LogP contribution in [0, 0.1) is 5.92 Å². The van der Waals surface area contributed by atoms with E-state index < -0.39 is 6.10 Å². The Balaban J connectivity index is 2.46. The first kappa shape index (κ1) is 13.7. The second-order valence-electron chi connectivity index (χ2n) is 4.56. The van der Waals surface area contributed by atoms with Crippen molar-refractivity contribution in [1.29, 1.82) is 0 Å². The fourth-order valence-corrected chi connectivity index (χ4v) is 1.51. The van der Waals surface area contributed by atoms with Gasteiger partial charge < -0.3 is 9.84 Å². The number of carbonyl (C=O) groups excluding carboxylic acids is 1. The zero-order chi connectivity index (χ0) is 12.8. The van der Waals surface area contributed by atoms with E-state index in [2.05, 4.69) is 0 Å². The number of hydrogen-bond acceptors (Lipinski definition) is 3. The Morgan fingerprint density at radius 1 is 1.24 bits per heavy atom. The van der Waals surface area contributed by atoms with E-state index in [0.717, 1.165) is 5.56 Å². The minimum absolute atomic E-state index is 0.133. The molecule has 0 bridgehead atoms. The zero-order valence-electron chi connectivity index (χ0n) is 10.6. The molecule has 0 aliphatic heterocycles. The van der Waals surface area contributed by atoms with Gasteiger partial charge in [0.1, 0.15) is 6.10 Å². The van der Waals surface area contributed by atoms with Gasteiger partial charge in [0, 0.05) is 6.42 Å². The SMILES string of the molecule is CC(CC(O)c1ccccc1)OC(=O)C(C)C. The summed E-state index contributed by atoms with van der Waals surface area (Å²) in [5.41, 5.74) is 0.847. The van der Waals surface area contributed by atoms with Crippen molar-refractivity contribution in [2.75, 3.05) is 0 Å². The molecule has 94 valence electrons. The minimum atomic E-state index is -0.592. The first-order valence-electron chi connectivity index (χ1n) is 5.94. The highest BCUT2D eigenvalue weighted by Gasteiger charge is 2.17. The topological polar surface area (TPSA) is 46.5 Å². The van der Waals surface area contributed by atoms with Crippen LogP contribution in [0.2, 0.25) is 0 Å². The monoisotopic (exact) mass is 236 g/mol. The largest absolute Gasteiger partial charge is 0.462 e. The number of hydrogen-bond donors (Lipinski definition) is 1. The number of benzene rings is 1. The van der Waals surface area contributed by atoms with Crippen molar-refractivity contribution >= 4 is 5.97 Å². The van der Waals surface area contributed by atoms with E-state index in [1.165, 1.54) is 0 Å². The van der Waals surface area contributed by atoms with E-state index >= 15 is 0 Å². The number of esters is 1. The summed E-state index contributed by atoms with van der Waals surface area (Å²) < 4.78 is 5.20. The lowest BCUT2D eigenvalue weighted by molar-refractivity contribution is -0.153. The van der Waals surface area contributed by atoms with Crippen molar-refractivity contribution in [3.8, 4) is 0 Å². The van der Waals surface area contributed by atoms with Gasteiger partial charge in [0.25, 0.3) is 0 Å². The molecule has 1 rings (SSSR count). The molecule has 0 fully saturated rings. The Morgan fingerprint density at radius 3 is 2.35 bits per heavy atom. The van der Waals surface area contributed by atoms with Gasteiger partial charge in [-0.05, 0) is 12.5 Å². The van der Waals surface area contributed by atoms with Crippen molar-refractivity contribution in [3.05, 3.63) is 35.9 Å². The summed E-state index contributed by atoms with van der Waals surface area (Å²) in [5, 5.41) is 9.95. The van der Waals surface area contributed by atoms with Crippen molar-refractivity contribution < 1.29 is 14.6 Å². The van der Waals surface area contributed by atoms with Crippen molar-refractivity contribution in [1.82, 2.24) is 0 Å². The smallest absolute Gasteiger partial charge is 0.308 e. The van der Waals surface area contributed by atoms with E-state index in [1.807, 2.05) is 30.3 Å². The van der Waals surface area contributed by atoms with E-state index in [9.17, 15) is 9.90 Å². The van der Waals surface area contributed by atoms with Gasteiger partial charge in [-0.3, -0.25) is 4.79 Å². The van der Waals surface area contributed by atoms with Crippen LogP contribution in [0.5, 0.6) is 0 Å². The van der Waals surface area contributed by atoms with Gasteiger partial charge in [-0.15, -0.1) is 0 Å². The second kappa shape index (κ2) is 6.40. The summed E-state index contributed by atoms with van der Waals surface area (Å²) in [7, 11) is 0. The molecular weight excluding hydrogens is 216 g/mol. The third kappa shape index (κ3) is 4.57. The zero-order valence-corrected chi connectivity index (χ0v) is 10.6. The van der Waals surface area contributed by atoms with Crippen LogP contribution in [0.25, 0.3) is 0 Å². The maximum Gasteiger partial charge on any atom is 0.308 e. The molecule has 1 aromatic rings. The number of aliphatic hydroxyl groups excluding tert-OH is 1. The van der Waals surface area contributed by atoms with Crippen molar-refractivity contribution in [2.24, 2.45) is 5.92 Å². The highest BCUT2D eigenvalue weighted by molar-refractivity contribution is 5.71. The Bertz CT molecular complexity index is 346. The van der Waals surface area contributed by atoms with Gasteiger partial charge in [-0.1, -0.05) is 44.2 Å². The first-order chi connectivity index (χ1) is 8.00. The summed E-state index contributed by atoms with van der Waals surface area (Å²) >= 11 is 0.